The summed E-state index contributed by atoms with van der Waals surface area (Å²) in [4.78, 5) is 13.2. The van der Waals surface area contributed by atoms with Crippen molar-refractivity contribution < 1.29 is 4.79 Å². The Hall–Kier alpha value is -0.540. The molecule has 0 bridgehead atoms. The van der Waals surface area contributed by atoms with E-state index in [-0.39, 0.29) is 11.8 Å². The molecule has 0 aromatic carbocycles. The highest BCUT2D eigenvalue weighted by atomic mass is 35.5. The van der Waals surface area contributed by atoms with Crippen LogP contribution < -0.4 is 0 Å². The second kappa shape index (κ2) is 4.99. The topological polar surface area (TPSA) is 20.3 Å². The molecule has 1 aliphatic rings. The van der Waals surface area contributed by atoms with Crippen molar-refractivity contribution in [1.82, 2.24) is 4.90 Å². The summed E-state index contributed by atoms with van der Waals surface area (Å²) < 4.78 is 0. The van der Waals surface area contributed by atoms with E-state index in [0.717, 1.165) is 25.9 Å². The number of carbonyl (C=O) groups is 1. The first kappa shape index (κ1) is 11.0. The number of amides is 1. The van der Waals surface area contributed by atoms with Crippen molar-refractivity contribution in [2.75, 3.05) is 19.0 Å². The first-order chi connectivity index (χ1) is 7.31. The Labute approximate surface area is 98.8 Å². The number of halogens is 1. The number of hydrogen-bond donors (Lipinski definition) is 0. The lowest BCUT2D eigenvalue weighted by Crippen LogP contribution is -2.38. The molecule has 2 rings (SSSR count). The zero-order chi connectivity index (χ0) is 10.7. The molecular weight excluding hydrogens is 230 g/mol. The average Bonchev–Trinajstić information content (AvgIpc) is 2.82. The van der Waals surface area contributed by atoms with Gasteiger partial charge in [-0.2, -0.15) is 11.3 Å². The number of alkyl halides is 1. The van der Waals surface area contributed by atoms with Crippen molar-refractivity contribution in [3.63, 3.8) is 0 Å². The predicted octanol–water partition coefficient (Wildman–Crippen LogP) is 2.69. The normalized spacial score (nSPS) is 18.1. The predicted molar refractivity (Wildman–Crippen MR) is 63.6 cm³/mol. The van der Waals surface area contributed by atoms with Gasteiger partial charge in [-0.25, -0.2) is 0 Å². The van der Waals surface area contributed by atoms with Gasteiger partial charge in [0.25, 0.3) is 0 Å². The van der Waals surface area contributed by atoms with Gasteiger partial charge in [0, 0.05) is 13.1 Å². The van der Waals surface area contributed by atoms with Crippen LogP contribution in [-0.2, 0) is 4.79 Å². The third kappa shape index (κ3) is 2.52. The van der Waals surface area contributed by atoms with E-state index in [1.54, 1.807) is 11.3 Å². The fraction of sp³-hybridized carbons (Fsp3) is 0.545. The summed E-state index contributed by atoms with van der Waals surface area (Å²) in [5.41, 5.74) is 1.43. The van der Waals surface area contributed by atoms with Crippen molar-refractivity contribution in [2.45, 2.75) is 18.8 Å². The summed E-state index contributed by atoms with van der Waals surface area (Å²) in [5.74, 6) is 0.819. The van der Waals surface area contributed by atoms with E-state index in [0.29, 0.717) is 5.92 Å². The highest BCUT2D eigenvalue weighted by Gasteiger charge is 2.23. The Bertz CT molecular complexity index is 317. The van der Waals surface area contributed by atoms with Gasteiger partial charge in [0.05, 0.1) is 0 Å². The molecule has 1 aromatic heterocycles. The number of carbonyl (C=O) groups excluding carboxylic acids is 1. The van der Waals surface area contributed by atoms with Crippen LogP contribution in [-0.4, -0.2) is 29.8 Å². The minimum absolute atomic E-state index is 0.0698. The minimum atomic E-state index is 0.0698. The Morgan fingerprint density at radius 3 is 2.80 bits per heavy atom. The van der Waals surface area contributed by atoms with Gasteiger partial charge in [0.1, 0.15) is 5.88 Å². The first-order valence-corrected chi connectivity index (χ1v) is 6.65. The molecule has 1 aliphatic heterocycles. The largest absolute Gasteiger partial charge is 0.342 e. The quantitative estimate of drug-likeness (QED) is 0.732. The minimum Gasteiger partial charge on any atom is -0.342 e. The van der Waals surface area contributed by atoms with E-state index in [1.807, 2.05) is 4.90 Å². The van der Waals surface area contributed by atoms with Gasteiger partial charge in [-0.3, -0.25) is 4.79 Å². The molecule has 82 valence electrons. The van der Waals surface area contributed by atoms with Crippen molar-refractivity contribution in [3.05, 3.63) is 22.4 Å². The van der Waals surface area contributed by atoms with Gasteiger partial charge in [-0.15, -0.1) is 11.6 Å². The Kier molecular flexibility index (Phi) is 3.65. The molecule has 4 heteroatoms. The standard InChI is InChI=1S/C11H14ClNOS/c12-7-11(14)13-4-1-9(2-5-13)10-3-6-15-8-10/h3,6,8-9H,1-2,4-5,7H2. The van der Waals surface area contributed by atoms with Crippen LogP contribution in [0.3, 0.4) is 0 Å². The number of rotatable bonds is 2. The summed E-state index contributed by atoms with van der Waals surface area (Å²) in [5, 5.41) is 4.33. The maximum absolute atomic E-state index is 11.4. The van der Waals surface area contributed by atoms with Crippen molar-refractivity contribution in [3.8, 4) is 0 Å². The maximum Gasteiger partial charge on any atom is 0.237 e. The third-order valence-electron chi connectivity index (χ3n) is 2.98. The molecule has 1 fully saturated rings. The SMILES string of the molecule is O=C(CCl)N1CCC(c2ccsc2)CC1. The second-order valence-corrected chi connectivity index (χ2v) is 4.89. The fourth-order valence-corrected chi connectivity index (χ4v) is 2.97. The van der Waals surface area contributed by atoms with Crippen LogP contribution >= 0.6 is 22.9 Å². The molecule has 0 saturated carbocycles. The molecule has 0 radical (unpaired) electrons. The molecular formula is C11H14ClNOS. The van der Waals surface area contributed by atoms with Crippen LogP contribution in [0.15, 0.2) is 16.8 Å². The monoisotopic (exact) mass is 243 g/mol. The molecule has 1 amide bonds. The molecule has 1 aromatic rings. The van der Waals surface area contributed by atoms with Crippen LogP contribution in [0.4, 0.5) is 0 Å². The second-order valence-electron chi connectivity index (χ2n) is 3.85. The number of thiophene rings is 1. The molecule has 0 spiro atoms. The fourth-order valence-electron chi connectivity index (χ4n) is 2.05. The number of hydrogen-bond acceptors (Lipinski definition) is 2. The van der Waals surface area contributed by atoms with Gasteiger partial charge in [-0.1, -0.05) is 0 Å². The molecule has 0 aliphatic carbocycles. The molecule has 2 nitrogen and oxygen atoms in total. The molecule has 0 unspecified atom stereocenters. The van der Waals surface area contributed by atoms with E-state index in [2.05, 4.69) is 16.8 Å². The van der Waals surface area contributed by atoms with Crippen LogP contribution in [0.2, 0.25) is 0 Å². The lowest BCUT2D eigenvalue weighted by Gasteiger charge is -2.31. The average molecular weight is 244 g/mol. The van der Waals surface area contributed by atoms with Gasteiger partial charge < -0.3 is 4.90 Å². The van der Waals surface area contributed by atoms with Crippen molar-refractivity contribution in [2.24, 2.45) is 0 Å². The lowest BCUT2D eigenvalue weighted by atomic mass is 9.91. The third-order valence-corrected chi connectivity index (χ3v) is 3.91. The Morgan fingerprint density at radius 1 is 1.53 bits per heavy atom. The van der Waals surface area contributed by atoms with E-state index in [1.165, 1.54) is 5.56 Å². The van der Waals surface area contributed by atoms with Crippen LogP contribution in [0.5, 0.6) is 0 Å². The highest BCUT2D eigenvalue weighted by molar-refractivity contribution is 7.07. The molecule has 15 heavy (non-hydrogen) atoms. The van der Waals surface area contributed by atoms with E-state index in [9.17, 15) is 4.79 Å². The Balaban J connectivity index is 1.90. The maximum atomic E-state index is 11.4. The molecule has 0 atom stereocenters. The summed E-state index contributed by atoms with van der Waals surface area (Å²) >= 11 is 7.27. The summed E-state index contributed by atoms with van der Waals surface area (Å²) in [7, 11) is 0. The van der Waals surface area contributed by atoms with Gasteiger partial charge in [-0.05, 0) is 41.1 Å². The summed E-state index contributed by atoms with van der Waals surface area (Å²) in [6.45, 7) is 1.71. The van der Waals surface area contributed by atoms with E-state index < -0.39 is 0 Å². The zero-order valence-corrected chi connectivity index (χ0v) is 10.1. The van der Waals surface area contributed by atoms with Gasteiger partial charge in [0.15, 0.2) is 0 Å². The Morgan fingerprint density at radius 2 is 2.27 bits per heavy atom. The van der Waals surface area contributed by atoms with Crippen LogP contribution in [0.1, 0.15) is 24.3 Å². The van der Waals surface area contributed by atoms with Crippen molar-refractivity contribution >= 4 is 28.8 Å². The van der Waals surface area contributed by atoms with Crippen LogP contribution in [0, 0.1) is 0 Å². The van der Waals surface area contributed by atoms with E-state index in [4.69, 9.17) is 11.6 Å². The number of piperidine rings is 1. The van der Waals surface area contributed by atoms with Gasteiger partial charge >= 0.3 is 0 Å². The highest BCUT2D eigenvalue weighted by Crippen LogP contribution is 2.29. The first-order valence-electron chi connectivity index (χ1n) is 5.17. The molecule has 2 heterocycles. The molecule has 1 saturated heterocycles. The summed E-state index contributed by atoms with van der Waals surface area (Å²) in [6, 6.07) is 2.19. The van der Waals surface area contributed by atoms with Crippen LogP contribution in [0.25, 0.3) is 0 Å². The number of likely N-dealkylation sites (tertiary alicyclic amines) is 1. The number of nitrogens with zero attached hydrogens (tertiary/aromatic N) is 1. The smallest absolute Gasteiger partial charge is 0.237 e. The van der Waals surface area contributed by atoms with Crippen molar-refractivity contribution in [1.29, 1.82) is 0 Å². The lowest BCUT2D eigenvalue weighted by molar-refractivity contribution is -0.129. The summed E-state index contributed by atoms with van der Waals surface area (Å²) in [6.07, 6.45) is 2.14. The zero-order valence-electron chi connectivity index (χ0n) is 8.49. The molecule has 0 N–H and O–H groups in total. The van der Waals surface area contributed by atoms with E-state index >= 15 is 0 Å². The van der Waals surface area contributed by atoms with Gasteiger partial charge in [0.2, 0.25) is 5.91 Å².